The highest BCUT2D eigenvalue weighted by Gasteiger charge is 2.31. The fourth-order valence-corrected chi connectivity index (χ4v) is 1.98. The number of benzene rings is 1. The molecule has 0 saturated heterocycles. The van der Waals surface area contributed by atoms with E-state index < -0.39 is 36.3 Å². The molecule has 3 amide bonds. The Morgan fingerprint density at radius 1 is 1.30 bits per heavy atom. The minimum atomic E-state index is -4.55. The molecule has 144 valence electrons. The summed E-state index contributed by atoms with van der Waals surface area (Å²) >= 11 is 0. The lowest BCUT2D eigenvalue weighted by Gasteiger charge is -2.08. The summed E-state index contributed by atoms with van der Waals surface area (Å²) in [5.41, 5.74) is 3.49. The Hall–Kier alpha value is -3.57. The third-order valence-electron chi connectivity index (χ3n) is 3.13. The molecule has 0 saturated carbocycles. The summed E-state index contributed by atoms with van der Waals surface area (Å²) in [6, 6.07) is 3.12. The Labute approximate surface area is 149 Å². The fraction of sp³-hybridized carbons (Fsp3) is 0.200. The van der Waals surface area contributed by atoms with Crippen molar-refractivity contribution in [1.82, 2.24) is 15.1 Å². The van der Waals surface area contributed by atoms with Crippen LogP contribution in [0.4, 0.5) is 18.0 Å². The number of carbonyl (C=O) groups excluding carboxylic acids is 3. The number of aromatic nitrogens is 2. The second-order valence-corrected chi connectivity index (χ2v) is 5.03. The zero-order valence-electron chi connectivity index (χ0n) is 13.7. The molecule has 3 N–H and O–H groups in total. The Morgan fingerprint density at radius 3 is 2.59 bits per heavy atom. The number of hydrogen-bond acceptors (Lipinski definition) is 6. The van der Waals surface area contributed by atoms with Crippen LogP contribution in [0.25, 0.3) is 5.69 Å². The quantitative estimate of drug-likeness (QED) is 0.745. The van der Waals surface area contributed by atoms with Crippen LogP contribution in [0.1, 0.15) is 16.1 Å². The number of halogens is 3. The number of urea groups is 1. The molecule has 0 radical (unpaired) electrons. The SMILES string of the molecule is COc1cn(-c2cccc(C(F)(F)F)c2)nc1C(=O)OCC(=O)NC(N)=O. The van der Waals surface area contributed by atoms with E-state index in [0.29, 0.717) is 0 Å². The van der Waals surface area contributed by atoms with Crippen molar-refractivity contribution in [3.05, 3.63) is 41.7 Å². The second-order valence-electron chi connectivity index (χ2n) is 5.03. The molecule has 0 spiro atoms. The highest BCUT2D eigenvalue weighted by Crippen LogP contribution is 2.30. The van der Waals surface area contributed by atoms with E-state index >= 15 is 0 Å². The van der Waals surface area contributed by atoms with Crippen LogP contribution in [0.3, 0.4) is 0 Å². The number of nitrogens with one attached hydrogen (secondary N) is 1. The van der Waals surface area contributed by atoms with Crippen LogP contribution in [0.2, 0.25) is 0 Å². The number of imide groups is 1. The second kappa shape index (κ2) is 7.76. The summed E-state index contributed by atoms with van der Waals surface area (Å²) in [6.45, 7) is -0.818. The minimum absolute atomic E-state index is 0.0219. The zero-order valence-corrected chi connectivity index (χ0v) is 13.7. The number of primary amides is 1. The third kappa shape index (κ3) is 4.96. The van der Waals surface area contributed by atoms with E-state index in [1.807, 2.05) is 0 Å². The van der Waals surface area contributed by atoms with Gasteiger partial charge in [-0.1, -0.05) is 6.07 Å². The lowest BCUT2D eigenvalue weighted by atomic mass is 10.2. The van der Waals surface area contributed by atoms with Crippen LogP contribution < -0.4 is 15.8 Å². The summed E-state index contributed by atoms with van der Waals surface area (Å²) in [5, 5.41) is 5.53. The highest BCUT2D eigenvalue weighted by atomic mass is 19.4. The number of carbonyl (C=O) groups is 3. The number of nitrogens with zero attached hydrogens (tertiary/aromatic N) is 2. The minimum Gasteiger partial charge on any atom is -0.493 e. The van der Waals surface area contributed by atoms with Crippen molar-refractivity contribution in [3.8, 4) is 11.4 Å². The predicted molar refractivity (Wildman–Crippen MR) is 83.1 cm³/mol. The number of methoxy groups -OCH3 is 1. The first-order chi connectivity index (χ1) is 12.6. The highest BCUT2D eigenvalue weighted by molar-refractivity contribution is 5.96. The number of nitrogens with two attached hydrogens (primary N) is 1. The van der Waals surface area contributed by atoms with E-state index in [9.17, 15) is 27.6 Å². The van der Waals surface area contributed by atoms with Crippen molar-refractivity contribution in [2.24, 2.45) is 5.73 Å². The maximum atomic E-state index is 12.8. The van der Waals surface area contributed by atoms with E-state index in [2.05, 4.69) is 9.84 Å². The van der Waals surface area contributed by atoms with E-state index in [1.165, 1.54) is 25.4 Å². The number of amides is 3. The fourth-order valence-electron chi connectivity index (χ4n) is 1.98. The first-order valence-corrected chi connectivity index (χ1v) is 7.19. The van der Waals surface area contributed by atoms with Gasteiger partial charge in [0.2, 0.25) is 5.69 Å². The van der Waals surface area contributed by atoms with Gasteiger partial charge in [0.1, 0.15) is 0 Å². The van der Waals surface area contributed by atoms with Crippen molar-refractivity contribution in [3.63, 3.8) is 0 Å². The lowest BCUT2D eigenvalue weighted by molar-refractivity contribution is -0.137. The molecule has 0 unspecified atom stereocenters. The summed E-state index contributed by atoms with van der Waals surface area (Å²) in [7, 11) is 1.21. The standard InChI is InChI=1S/C15H13F3N4O5/c1-26-10-6-22(9-4-2-3-8(5-9)15(16,17)18)21-12(10)13(24)27-7-11(23)20-14(19)25/h2-6H,7H2,1H3,(H3,19,20,23,25). The third-order valence-corrected chi connectivity index (χ3v) is 3.13. The van der Waals surface area contributed by atoms with Crippen LogP contribution in [0.15, 0.2) is 30.5 Å². The van der Waals surface area contributed by atoms with Crippen molar-refractivity contribution >= 4 is 17.9 Å². The van der Waals surface area contributed by atoms with E-state index in [4.69, 9.17) is 10.5 Å². The van der Waals surface area contributed by atoms with E-state index in [0.717, 1.165) is 16.8 Å². The van der Waals surface area contributed by atoms with Gasteiger partial charge in [-0.15, -0.1) is 0 Å². The molecular weight excluding hydrogens is 373 g/mol. The topological polar surface area (TPSA) is 126 Å². The molecule has 1 aromatic heterocycles. The molecule has 0 atom stereocenters. The molecule has 9 nitrogen and oxygen atoms in total. The predicted octanol–water partition coefficient (Wildman–Crippen LogP) is 1.25. The van der Waals surface area contributed by atoms with Crippen LogP contribution >= 0.6 is 0 Å². The molecular formula is C15H13F3N4O5. The molecule has 0 aliphatic rings. The van der Waals surface area contributed by atoms with Gasteiger partial charge in [0, 0.05) is 0 Å². The monoisotopic (exact) mass is 386 g/mol. The van der Waals surface area contributed by atoms with Crippen LogP contribution in [-0.4, -0.2) is 41.4 Å². The summed E-state index contributed by atoms with van der Waals surface area (Å²) in [6.07, 6.45) is -3.38. The van der Waals surface area contributed by atoms with Crippen LogP contribution in [0, 0.1) is 0 Å². The van der Waals surface area contributed by atoms with Crippen molar-refractivity contribution in [2.45, 2.75) is 6.18 Å². The van der Waals surface area contributed by atoms with Gasteiger partial charge >= 0.3 is 18.2 Å². The molecule has 27 heavy (non-hydrogen) atoms. The van der Waals surface area contributed by atoms with Crippen molar-refractivity contribution < 1.29 is 37.0 Å². The van der Waals surface area contributed by atoms with E-state index in [1.54, 1.807) is 5.32 Å². The van der Waals surface area contributed by atoms with Crippen LogP contribution in [0.5, 0.6) is 5.75 Å². The lowest BCUT2D eigenvalue weighted by Crippen LogP contribution is -2.37. The summed E-state index contributed by atoms with van der Waals surface area (Å²) in [4.78, 5) is 33.8. The molecule has 2 aromatic rings. The number of rotatable bonds is 5. The van der Waals surface area contributed by atoms with Gasteiger partial charge < -0.3 is 15.2 Å². The molecule has 0 aliphatic carbocycles. The zero-order chi connectivity index (χ0) is 20.2. The Morgan fingerprint density at radius 2 is 2.00 bits per heavy atom. The molecule has 1 heterocycles. The van der Waals surface area contributed by atoms with Gasteiger partial charge in [-0.2, -0.15) is 18.3 Å². The van der Waals surface area contributed by atoms with Gasteiger partial charge in [0.15, 0.2) is 12.4 Å². The number of esters is 1. The van der Waals surface area contributed by atoms with Crippen molar-refractivity contribution in [2.75, 3.05) is 13.7 Å². The summed E-state index contributed by atoms with van der Waals surface area (Å²) < 4.78 is 49.1. The molecule has 2 rings (SSSR count). The first kappa shape index (κ1) is 19.8. The smallest absolute Gasteiger partial charge is 0.416 e. The van der Waals surface area contributed by atoms with Gasteiger partial charge in [-0.25, -0.2) is 14.3 Å². The average Bonchev–Trinajstić information content (AvgIpc) is 3.03. The van der Waals surface area contributed by atoms with E-state index in [-0.39, 0.29) is 17.1 Å². The maximum Gasteiger partial charge on any atom is 0.416 e. The largest absolute Gasteiger partial charge is 0.493 e. The average molecular weight is 386 g/mol. The number of alkyl halides is 3. The Balaban J connectivity index is 2.23. The van der Waals surface area contributed by atoms with Crippen molar-refractivity contribution in [1.29, 1.82) is 0 Å². The molecule has 0 aliphatic heterocycles. The molecule has 1 aromatic carbocycles. The number of hydrogen-bond donors (Lipinski definition) is 2. The van der Waals surface area contributed by atoms with Gasteiger partial charge in [0.25, 0.3) is 5.91 Å². The first-order valence-electron chi connectivity index (χ1n) is 7.19. The Bertz CT molecular complexity index is 879. The molecule has 12 heteroatoms. The number of ether oxygens (including phenoxy) is 2. The Kier molecular flexibility index (Phi) is 5.68. The van der Waals surface area contributed by atoms with Crippen LogP contribution in [-0.2, 0) is 15.7 Å². The summed E-state index contributed by atoms with van der Waals surface area (Å²) in [5.74, 6) is -2.14. The molecule has 0 bridgehead atoms. The maximum absolute atomic E-state index is 12.8. The van der Waals surface area contributed by atoms with Gasteiger partial charge in [-0.05, 0) is 18.2 Å². The normalized spacial score (nSPS) is 11.0. The van der Waals surface area contributed by atoms with Gasteiger partial charge in [-0.3, -0.25) is 10.1 Å². The molecule has 0 fully saturated rings. The van der Waals surface area contributed by atoms with Gasteiger partial charge in [0.05, 0.1) is 24.6 Å².